The van der Waals surface area contributed by atoms with Crippen LogP contribution >= 0.6 is 11.8 Å². The highest BCUT2D eigenvalue weighted by molar-refractivity contribution is 7.98. The lowest BCUT2D eigenvalue weighted by Gasteiger charge is -2.17. The molecule has 2 aromatic rings. The lowest BCUT2D eigenvalue weighted by molar-refractivity contribution is 0.858. The van der Waals surface area contributed by atoms with Gasteiger partial charge in [-0.2, -0.15) is 5.26 Å². The first kappa shape index (κ1) is 13.0. The number of thioether (sulfide) groups is 1. The van der Waals surface area contributed by atoms with Gasteiger partial charge in [-0.3, -0.25) is 0 Å². The van der Waals surface area contributed by atoms with Crippen molar-refractivity contribution in [3.8, 4) is 6.07 Å². The Balaban J connectivity index is 3.04. The highest BCUT2D eigenvalue weighted by atomic mass is 32.2. The van der Waals surface area contributed by atoms with Gasteiger partial charge in [-0.25, -0.2) is 0 Å². The summed E-state index contributed by atoms with van der Waals surface area (Å²) in [5.41, 5.74) is 4.50. The Bertz CT molecular complexity index is 645. The molecule has 2 nitrogen and oxygen atoms in total. The van der Waals surface area contributed by atoms with E-state index >= 15 is 0 Å². The van der Waals surface area contributed by atoms with Gasteiger partial charge in [0, 0.05) is 23.5 Å². The van der Waals surface area contributed by atoms with Gasteiger partial charge in [-0.05, 0) is 36.3 Å². The molecule has 0 amide bonds. The summed E-state index contributed by atoms with van der Waals surface area (Å²) in [7, 11) is 2.01. The van der Waals surface area contributed by atoms with Crippen LogP contribution in [0.3, 0.4) is 0 Å². The van der Waals surface area contributed by atoms with Crippen molar-refractivity contribution in [1.82, 2.24) is 4.57 Å². The maximum Gasteiger partial charge on any atom is 0.103 e. The summed E-state index contributed by atoms with van der Waals surface area (Å²) in [4.78, 5) is 1.12. The lowest BCUT2D eigenvalue weighted by atomic mass is 9.92. The molecule has 3 heteroatoms. The first-order valence-corrected chi connectivity index (χ1v) is 7.31. The van der Waals surface area contributed by atoms with E-state index in [-0.39, 0.29) is 0 Å². The van der Waals surface area contributed by atoms with E-state index in [1.54, 1.807) is 11.8 Å². The minimum Gasteiger partial charge on any atom is -0.349 e. The van der Waals surface area contributed by atoms with E-state index in [1.165, 1.54) is 16.5 Å². The summed E-state index contributed by atoms with van der Waals surface area (Å²) in [6.45, 7) is 6.56. The van der Waals surface area contributed by atoms with Gasteiger partial charge < -0.3 is 4.57 Å². The molecule has 0 aliphatic carbocycles. The summed E-state index contributed by atoms with van der Waals surface area (Å²) in [5.74, 6) is 0.466. The maximum absolute atomic E-state index is 9.47. The Morgan fingerprint density at radius 1 is 1.39 bits per heavy atom. The van der Waals surface area contributed by atoms with Crippen molar-refractivity contribution in [2.24, 2.45) is 7.05 Å². The third-order valence-corrected chi connectivity index (χ3v) is 4.38. The van der Waals surface area contributed by atoms with Crippen LogP contribution in [0.25, 0.3) is 10.9 Å². The van der Waals surface area contributed by atoms with Crippen LogP contribution in [-0.4, -0.2) is 10.8 Å². The smallest absolute Gasteiger partial charge is 0.103 e. The van der Waals surface area contributed by atoms with Crippen LogP contribution in [0.5, 0.6) is 0 Å². The molecule has 0 N–H and O–H groups in total. The second kappa shape index (κ2) is 4.70. The Kier molecular flexibility index (Phi) is 3.41. The summed E-state index contributed by atoms with van der Waals surface area (Å²) < 4.78 is 2.05. The van der Waals surface area contributed by atoms with E-state index in [1.807, 2.05) is 19.5 Å². The number of aryl methyl sites for hydroxylation is 1. The predicted octanol–water partition coefficient (Wildman–Crippen LogP) is 4.20. The number of rotatable bonds is 2. The molecule has 1 aromatic heterocycles. The Labute approximate surface area is 113 Å². The number of fused-ring (bicyclic) bond motifs is 1. The van der Waals surface area contributed by atoms with Crippen LogP contribution in [0.1, 0.15) is 36.5 Å². The number of hydrogen-bond donors (Lipinski definition) is 0. The molecule has 1 aromatic carbocycles. The van der Waals surface area contributed by atoms with Gasteiger partial charge in [0.1, 0.15) is 6.07 Å². The lowest BCUT2D eigenvalue weighted by Crippen LogP contribution is -2.00. The van der Waals surface area contributed by atoms with Crippen LogP contribution in [0.15, 0.2) is 17.2 Å². The van der Waals surface area contributed by atoms with E-state index in [0.717, 1.165) is 16.0 Å². The molecule has 0 fully saturated rings. The quantitative estimate of drug-likeness (QED) is 0.755. The fourth-order valence-corrected chi connectivity index (χ4v) is 3.54. The zero-order valence-corrected chi connectivity index (χ0v) is 12.4. The molecule has 1 heterocycles. The monoisotopic (exact) mass is 258 g/mol. The van der Waals surface area contributed by atoms with Crippen LogP contribution in [0.2, 0.25) is 0 Å². The summed E-state index contributed by atoms with van der Waals surface area (Å²) in [5, 5.41) is 10.7. The number of nitrogens with zero attached hydrogens (tertiary/aromatic N) is 2. The van der Waals surface area contributed by atoms with Gasteiger partial charge in [0.05, 0.1) is 11.1 Å². The second-order valence-electron chi connectivity index (χ2n) is 4.90. The van der Waals surface area contributed by atoms with Crippen molar-refractivity contribution in [2.45, 2.75) is 31.6 Å². The molecule has 2 rings (SSSR count). The average Bonchev–Trinajstić information content (AvgIpc) is 2.69. The van der Waals surface area contributed by atoms with Crippen LogP contribution in [0, 0.1) is 18.3 Å². The van der Waals surface area contributed by atoms with E-state index in [0.29, 0.717) is 5.92 Å². The van der Waals surface area contributed by atoms with E-state index in [9.17, 15) is 5.26 Å². The van der Waals surface area contributed by atoms with Crippen LogP contribution < -0.4 is 0 Å². The topological polar surface area (TPSA) is 28.7 Å². The fourth-order valence-electron chi connectivity index (χ4n) is 2.78. The number of hydrogen-bond acceptors (Lipinski definition) is 2. The van der Waals surface area contributed by atoms with Gasteiger partial charge in [0.25, 0.3) is 0 Å². The molecule has 0 aliphatic rings. The molecule has 0 radical (unpaired) electrons. The molecule has 0 saturated carbocycles. The van der Waals surface area contributed by atoms with E-state index in [2.05, 4.69) is 37.5 Å². The Morgan fingerprint density at radius 3 is 2.56 bits per heavy atom. The van der Waals surface area contributed by atoms with Crippen molar-refractivity contribution >= 4 is 22.7 Å². The van der Waals surface area contributed by atoms with Gasteiger partial charge >= 0.3 is 0 Å². The number of aromatic nitrogens is 1. The normalized spacial score (nSPS) is 11.2. The highest BCUT2D eigenvalue weighted by Crippen LogP contribution is 2.38. The minimum atomic E-state index is 0.466. The average molecular weight is 258 g/mol. The SMILES string of the molecule is CSc1c(C)c(C(C)C)c2ccn(C)c2c1C#N. The van der Waals surface area contributed by atoms with Gasteiger partial charge in [-0.1, -0.05) is 13.8 Å². The first-order chi connectivity index (χ1) is 8.52. The molecule has 18 heavy (non-hydrogen) atoms. The van der Waals surface area contributed by atoms with Gasteiger partial charge in [0.2, 0.25) is 0 Å². The van der Waals surface area contributed by atoms with Crippen molar-refractivity contribution in [2.75, 3.05) is 6.26 Å². The van der Waals surface area contributed by atoms with Gasteiger partial charge in [-0.15, -0.1) is 11.8 Å². The second-order valence-corrected chi connectivity index (χ2v) is 5.72. The third kappa shape index (κ3) is 1.72. The highest BCUT2D eigenvalue weighted by Gasteiger charge is 2.19. The molecule has 0 aliphatic heterocycles. The predicted molar refractivity (Wildman–Crippen MR) is 78.2 cm³/mol. The van der Waals surface area contributed by atoms with Crippen LogP contribution in [-0.2, 0) is 7.05 Å². The zero-order chi connectivity index (χ0) is 13.4. The number of benzene rings is 1. The van der Waals surface area contributed by atoms with Crippen molar-refractivity contribution < 1.29 is 0 Å². The van der Waals surface area contributed by atoms with Crippen molar-refractivity contribution in [1.29, 1.82) is 5.26 Å². The fraction of sp³-hybridized carbons (Fsp3) is 0.400. The molecule has 0 spiro atoms. The molecule has 0 bridgehead atoms. The largest absolute Gasteiger partial charge is 0.349 e. The Hall–Kier alpha value is -1.40. The Morgan fingerprint density at radius 2 is 2.06 bits per heavy atom. The summed E-state index contributed by atoms with van der Waals surface area (Å²) in [6.07, 6.45) is 4.09. The minimum absolute atomic E-state index is 0.466. The van der Waals surface area contributed by atoms with Crippen molar-refractivity contribution in [3.63, 3.8) is 0 Å². The standard InChI is InChI=1S/C15H18N2S/c1-9(2)13-10(3)15(18-5)12(8-16)14-11(13)6-7-17(14)4/h6-7,9H,1-5H3. The molecule has 0 atom stereocenters. The van der Waals surface area contributed by atoms with Gasteiger partial charge in [0.15, 0.2) is 0 Å². The number of nitriles is 1. The van der Waals surface area contributed by atoms with Crippen molar-refractivity contribution in [3.05, 3.63) is 29.0 Å². The molecule has 0 unspecified atom stereocenters. The maximum atomic E-state index is 9.47. The first-order valence-electron chi connectivity index (χ1n) is 6.08. The molecular weight excluding hydrogens is 240 g/mol. The third-order valence-electron chi connectivity index (χ3n) is 3.46. The van der Waals surface area contributed by atoms with Crippen LogP contribution in [0.4, 0.5) is 0 Å². The molecule has 0 saturated heterocycles. The summed E-state index contributed by atoms with van der Waals surface area (Å²) in [6, 6.07) is 4.51. The van der Waals surface area contributed by atoms with E-state index < -0.39 is 0 Å². The summed E-state index contributed by atoms with van der Waals surface area (Å²) >= 11 is 1.67. The molecule has 94 valence electrons. The molecular formula is C15H18N2S. The van der Waals surface area contributed by atoms with E-state index in [4.69, 9.17) is 0 Å². The zero-order valence-electron chi connectivity index (χ0n) is 11.5.